The Labute approximate surface area is 123 Å². The molecule has 1 aromatic heterocycles. The summed E-state index contributed by atoms with van der Waals surface area (Å²) in [6.07, 6.45) is 4.94. The minimum Gasteiger partial charge on any atom is -0.331 e. The number of nitrogens with one attached hydrogen (secondary N) is 1. The number of aromatic nitrogens is 2. The molecule has 0 amide bonds. The van der Waals surface area contributed by atoms with Gasteiger partial charge < -0.3 is 9.55 Å². The number of hydrogen-bond donors (Lipinski definition) is 1. The van der Waals surface area contributed by atoms with Gasteiger partial charge in [-0.25, -0.2) is 0 Å². The molecule has 1 aliphatic rings. The molecular weight excluding hydrogens is 276 g/mol. The van der Waals surface area contributed by atoms with Crippen molar-refractivity contribution in [2.24, 2.45) is 5.41 Å². The largest absolute Gasteiger partial charge is 0.331 e. The third kappa shape index (κ3) is 2.46. The molecule has 2 aromatic rings. The van der Waals surface area contributed by atoms with Crippen molar-refractivity contribution < 1.29 is 0 Å². The van der Waals surface area contributed by atoms with E-state index in [2.05, 4.69) is 29.5 Å². The lowest BCUT2D eigenvalue weighted by molar-refractivity contribution is 0.195. The molecule has 1 heterocycles. The molecule has 0 atom stereocenters. The third-order valence-electron chi connectivity index (χ3n) is 4.35. The van der Waals surface area contributed by atoms with E-state index in [1.165, 1.54) is 31.2 Å². The second kappa shape index (κ2) is 4.64. The van der Waals surface area contributed by atoms with E-state index in [1.807, 2.05) is 12.1 Å². The lowest BCUT2D eigenvalue weighted by Gasteiger charge is -2.35. The van der Waals surface area contributed by atoms with E-state index in [-0.39, 0.29) is 0 Å². The average molecular weight is 295 g/mol. The van der Waals surface area contributed by atoms with Gasteiger partial charge >= 0.3 is 0 Å². The zero-order valence-corrected chi connectivity index (χ0v) is 12.9. The summed E-state index contributed by atoms with van der Waals surface area (Å²) in [4.78, 5) is 3.28. The van der Waals surface area contributed by atoms with Crippen LogP contribution in [-0.2, 0) is 0 Å². The van der Waals surface area contributed by atoms with Gasteiger partial charge in [-0.1, -0.05) is 25.4 Å². The molecular formula is C15H19ClN2S. The van der Waals surface area contributed by atoms with Gasteiger partial charge in [0, 0.05) is 11.1 Å². The minimum atomic E-state index is 0.480. The maximum absolute atomic E-state index is 6.04. The number of nitrogens with zero attached hydrogens (tertiary/aromatic N) is 1. The maximum atomic E-state index is 6.04. The molecule has 1 fully saturated rings. The van der Waals surface area contributed by atoms with Crippen LogP contribution in [0, 0.1) is 10.2 Å². The number of imidazole rings is 1. The zero-order valence-electron chi connectivity index (χ0n) is 11.4. The van der Waals surface area contributed by atoms with Gasteiger partial charge in [-0.05, 0) is 61.5 Å². The monoisotopic (exact) mass is 294 g/mol. The van der Waals surface area contributed by atoms with Gasteiger partial charge in [0.1, 0.15) is 0 Å². The quantitative estimate of drug-likeness (QED) is 0.689. The lowest BCUT2D eigenvalue weighted by Crippen LogP contribution is -2.23. The first-order valence-electron chi connectivity index (χ1n) is 6.86. The number of benzene rings is 1. The van der Waals surface area contributed by atoms with Crippen LogP contribution in [0.5, 0.6) is 0 Å². The molecule has 19 heavy (non-hydrogen) atoms. The average Bonchev–Trinajstić information content (AvgIpc) is 2.65. The molecule has 0 spiro atoms. The van der Waals surface area contributed by atoms with E-state index >= 15 is 0 Å². The molecule has 102 valence electrons. The van der Waals surface area contributed by atoms with Crippen LogP contribution in [0.2, 0.25) is 5.02 Å². The van der Waals surface area contributed by atoms with E-state index < -0.39 is 0 Å². The SMILES string of the molecule is CC1(C)CCC(n2c(=S)[nH]c3cc(Cl)ccc32)CC1. The smallest absolute Gasteiger partial charge is 0.178 e. The molecule has 1 saturated carbocycles. The van der Waals surface area contributed by atoms with Crippen LogP contribution in [0.3, 0.4) is 0 Å². The predicted octanol–water partition coefficient (Wildman–Crippen LogP) is 5.49. The number of halogens is 1. The minimum absolute atomic E-state index is 0.480. The number of fused-ring (bicyclic) bond motifs is 1. The molecule has 0 aliphatic heterocycles. The van der Waals surface area contributed by atoms with Crippen molar-refractivity contribution in [2.75, 3.05) is 0 Å². The highest BCUT2D eigenvalue weighted by Crippen LogP contribution is 2.41. The van der Waals surface area contributed by atoms with Gasteiger partial charge in [0.05, 0.1) is 11.0 Å². The molecule has 1 aliphatic carbocycles. The lowest BCUT2D eigenvalue weighted by atomic mass is 9.75. The normalized spacial score (nSPS) is 19.9. The van der Waals surface area contributed by atoms with Crippen LogP contribution in [0.25, 0.3) is 11.0 Å². The second-order valence-electron chi connectivity index (χ2n) is 6.36. The van der Waals surface area contributed by atoms with Gasteiger partial charge in [-0.3, -0.25) is 0 Å². The van der Waals surface area contributed by atoms with E-state index in [0.29, 0.717) is 11.5 Å². The van der Waals surface area contributed by atoms with Gasteiger partial charge in [-0.2, -0.15) is 0 Å². The molecule has 0 bridgehead atoms. The zero-order chi connectivity index (χ0) is 13.6. The van der Waals surface area contributed by atoms with E-state index in [9.17, 15) is 0 Å². The van der Waals surface area contributed by atoms with Crippen molar-refractivity contribution in [3.05, 3.63) is 28.0 Å². The van der Waals surface area contributed by atoms with Crippen molar-refractivity contribution in [1.82, 2.24) is 9.55 Å². The highest BCUT2D eigenvalue weighted by atomic mass is 35.5. The van der Waals surface area contributed by atoms with Gasteiger partial charge in [-0.15, -0.1) is 0 Å². The summed E-state index contributed by atoms with van der Waals surface area (Å²) in [5.74, 6) is 0. The van der Waals surface area contributed by atoms with Crippen molar-refractivity contribution in [3.8, 4) is 0 Å². The van der Waals surface area contributed by atoms with Crippen molar-refractivity contribution in [2.45, 2.75) is 45.6 Å². The maximum Gasteiger partial charge on any atom is 0.178 e. The Balaban J connectivity index is 2.01. The fourth-order valence-electron chi connectivity index (χ4n) is 3.11. The number of H-pyrrole nitrogens is 1. The second-order valence-corrected chi connectivity index (χ2v) is 7.18. The number of rotatable bonds is 1. The van der Waals surface area contributed by atoms with Crippen molar-refractivity contribution in [1.29, 1.82) is 0 Å². The summed E-state index contributed by atoms with van der Waals surface area (Å²) in [7, 11) is 0. The Morgan fingerprint density at radius 2 is 2.00 bits per heavy atom. The molecule has 1 N–H and O–H groups in total. The molecule has 0 saturated heterocycles. The predicted molar refractivity (Wildman–Crippen MR) is 83.4 cm³/mol. The number of hydrogen-bond acceptors (Lipinski definition) is 1. The van der Waals surface area contributed by atoms with Crippen LogP contribution >= 0.6 is 23.8 Å². The standard InChI is InChI=1S/C15H19ClN2S/c1-15(2)7-5-11(6-8-15)18-13-4-3-10(16)9-12(13)17-14(18)19/h3-4,9,11H,5-8H2,1-2H3,(H,17,19). The Kier molecular flexibility index (Phi) is 3.22. The first kappa shape index (κ1) is 13.2. The molecule has 0 unspecified atom stereocenters. The molecule has 2 nitrogen and oxygen atoms in total. The summed E-state index contributed by atoms with van der Waals surface area (Å²) in [5, 5.41) is 0.751. The highest BCUT2D eigenvalue weighted by Gasteiger charge is 2.28. The van der Waals surface area contributed by atoms with Gasteiger partial charge in [0.25, 0.3) is 0 Å². The Morgan fingerprint density at radius 3 is 2.68 bits per heavy atom. The third-order valence-corrected chi connectivity index (χ3v) is 4.89. The van der Waals surface area contributed by atoms with E-state index in [0.717, 1.165) is 15.3 Å². The van der Waals surface area contributed by atoms with Crippen LogP contribution in [-0.4, -0.2) is 9.55 Å². The number of aromatic amines is 1. The first-order chi connectivity index (χ1) is 8.96. The highest BCUT2D eigenvalue weighted by molar-refractivity contribution is 7.71. The summed E-state index contributed by atoms with van der Waals surface area (Å²) < 4.78 is 3.11. The molecule has 4 heteroatoms. The van der Waals surface area contributed by atoms with Gasteiger partial charge in [0.2, 0.25) is 0 Å². The fourth-order valence-corrected chi connectivity index (χ4v) is 3.64. The molecule has 0 radical (unpaired) electrons. The summed E-state index contributed by atoms with van der Waals surface area (Å²) in [6.45, 7) is 4.72. The van der Waals surface area contributed by atoms with Crippen molar-refractivity contribution >= 4 is 34.9 Å². The summed E-state index contributed by atoms with van der Waals surface area (Å²) >= 11 is 11.5. The van der Waals surface area contributed by atoms with Crippen molar-refractivity contribution in [3.63, 3.8) is 0 Å². The van der Waals surface area contributed by atoms with Gasteiger partial charge in [0.15, 0.2) is 4.77 Å². The summed E-state index contributed by atoms with van der Waals surface area (Å²) in [5.41, 5.74) is 2.70. The fraction of sp³-hybridized carbons (Fsp3) is 0.533. The van der Waals surface area contributed by atoms with Crippen LogP contribution in [0.4, 0.5) is 0 Å². The Hall–Kier alpha value is -0.800. The Morgan fingerprint density at radius 1 is 1.32 bits per heavy atom. The summed E-state index contributed by atoms with van der Waals surface area (Å²) in [6, 6.07) is 6.49. The van der Waals surface area contributed by atoms with Crippen LogP contribution in [0.1, 0.15) is 45.6 Å². The van der Waals surface area contributed by atoms with E-state index in [4.69, 9.17) is 23.8 Å². The Bertz CT molecular complexity index is 658. The topological polar surface area (TPSA) is 20.7 Å². The van der Waals surface area contributed by atoms with E-state index in [1.54, 1.807) is 0 Å². The van der Waals surface area contributed by atoms with Crippen LogP contribution in [0.15, 0.2) is 18.2 Å². The molecule has 1 aromatic carbocycles. The van der Waals surface area contributed by atoms with Crippen LogP contribution < -0.4 is 0 Å². The molecule has 3 rings (SSSR count). The first-order valence-corrected chi connectivity index (χ1v) is 7.65.